The van der Waals surface area contributed by atoms with Crippen molar-refractivity contribution in [3.63, 3.8) is 0 Å². The summed E-state index contributed by atoms with van der Waals surface area (Å²) in [4.78, 5) is 8.61. The zero-order valence-electron chi connectivity index (χ0n) is 10.00. The standard InChI is InChI=1S/C12H13N5S/c1-2-5-17-11(14-7-15-17)8-3-4-10-9(6-8)16-12(13)18-10/h3-4,6-7H,2,5H2,1H3,(H2,13,16). The lowest BCUT2D eigenvalue weighted by Crippen LogP contribution is -2.01. The predicted molar refractivity (Wildman–Crippen MR) is 73.3 cm³/mol. The molecule has 0 fully saturated rings. The summed E-state index contributed by atoms with van der Waals surface area (Å²) in [6, 6.07) is 6.08. The summed E-state index contributed by atoms with van der Waals surface area (Å²) in [7, 11) is 0. The zero-order chi connectivity index (χ0) is 12.5. The average Bonchev–Trinajstić information content (AvgIpc) is 2.93. The lowest BCUT2D eigenvalue weighted by molar-refractivity contribution is 0.608. The number of aromatic nitrogens is 4. The maximum Gasteiger partial charge on any atom is 0.181 e. The van der Waals surface area contributed by atoms with Crippen molar-refractivity contribution < 1.29 is 0 Å². The van der Waals surface area contributed by atoms with Crippen molar-refractivity contribution in [2.45, 2.75) is 19.9 Å². The van der Waals surface area contributed by atoms with E-state index in [1.807, 2.05) is 22.9 Å². The van der Waals surface area contributed by atoms with Crippen LogP contribution in [0, 0.1) is 0 Å². The van der Waals surface area contributed by atoms with Crippen LogP contribution in [-0.4, -0.2) is 19.7 Å². The molecule has 1 aromatic carbocycles. The minimum Gasteiger partial charge on any atom is -0.375 e. The summed E-state index contributed by atoms with van der Waals surface area (Å²) in [6.45, 7) is 2.99. The van der Waals surface area contributed by atoms with E-state index in [0.29, 0.717) is 5.13 Å². The van der Waals surface area contributed by atoms with Crippen molar-refractivity contribution >= 4 is 26.7 Å². The molecule has 2 aromatic heterocycles. The average molecular weight is 259 g/mol. The topological polar surface area (TPSA) is 69.6 Å². The number of benzene rings is 1. The van der Waals surface area contributed by atoms with E-state index in [1.54, 1.807) is 6.33 Å². The molecular weight excluding hydrogens is 246 g/mol. The molecule has 0 unspecified atom stereocenters. The third-order valence-electron chi connectivity index (χ3n) is 2.71. The first-order valence-electron chi connectivity index (χ1n) is 5.82. The van der Waals surface area contributed by atoms with Gasteiger partial charge in [0.05, 0.1) is 10.2 Å². The first kappa shape index (κ1) is 11.2. The number of hydrogen-bond donors (Lipinski definition) is 1. The van der Waals surface area contributed by atoms with E-state index in [9.17, 15) is 0 Å². The Morgan fingerprint density at radius 2 is 2.28 bits per heavy atom. The lowest BCUT2D eigenvalue weighted by Gasteiger charge is -2.04. The highest BCUT2D eigenvalue weighted by molar-refractivity contribution is 7.22. The molecule has 3 rings (SSSR count). The van der Waals surface area contributed by atoms with Gasteiger partial charge in [-0.15, -0.1) is 0 Å². The molecule has 0 bridgehead atoms. The Labute approximate surface area is 108 Å². The normalized spacial score (nSPS) is 11.2. The molecule has 0 aliphatic heterocycles. The van der Waals surface area contributed by atoms with Crippen molar-refractivity contribution in [3.8, 4) is 11.4 Å². The quantitative estimate of drug-likeness (QED) is 0.784. The monoisotopic (exact) mass is 259 g/mol. The number of hydrogen-bond acceptors (Lipinski definition) is 5. The summed E-state index contributed by atoms with van der Waals surface area (Å²) in [5, 5.41) is 4.83. The Balaban J connectivity index is 2.10. The van der Waals surface area contributed by atoms with Gasteiger partial charge in [-0.25, -0.2) is 14.6 Å². The highest BCUT2D eigenvalue weighted by Crippen LogP contribution is 2.27. The molecule has 0 atom stereocenters. The number of anilines is 1. The number of aryl methyl sites for hydroxylation is 1. The lowest BCUT2D eigenvalue weighted by atomic mass is 10.2. The summed E-state index contributed by atoms with van der Waals surface area (Å²) in [6.07, 6.45) is 2.62. The molecule has 2 heterocycles. The fourth-order valence-electron chi connectivity index (χ4n) is 1.95. The van der Waals surface area contributed by atoms with E-state index in [0.717, 1.165) is 34.6 Å². The van der Waals surface area contributed by atoms with Crippen LogP contribution in [0.4, 0.5) is 5.13 Å². The smallest absolute Gasteiger partial charge is 0.181 e. The van der Waals surface area contributed by atoms with E-state index in [1.165, 1.54) is 11.3 Å². The molecule has 0 amide bonds. The van der Waals surface area contributed by atoms with Crippen LogP contribution in [0.25, 0.3) is 21.6 Å². The molecule has 0 radical (unpaired) electrons. The van der Waals surface area contributed by atoms with E-state index in [2.05, 4.69) is 22.0 Å². The fraction of sp³-hybridized carbons (Fsp3) is 0.250. The van der Waals surface area contributed by atoms with Gasteiger partial charge >= 0.3 is 0 Å². The van der Waals surface area contributed by atoms with Gasteiger partial charge in [-0.3, -0.25) is 0 Å². The molecule has 0 saturated heterocycles. The highest BCUT2D eigenvalue weighted by atomic mass is 32.1. The summed E-state index contributed by atoms with van der Waals surface area (Å²) < 4.78 is 3.01. The predicted octanol–water partition coefficient (Wildman–Crippen LogP) is 2.55. The van der Waals surface area contributed by atoms with E-state index in [4.69, 9.17) is 5.73 Å². The van der Waals surface area contributed by atoms with Gasteiger partial charge in [0.2, 0.25) is 0 Å². The van der Waals surface area contributed by atoms with Crippen LogP contribution in [0.3, 0.4) is 0 Å². The molecule has 92 valence electrons. The van der Waals surface area contributed by atoms with Crippen molar-refractivity contribution in [1.29, 1.82) is 0 Å². The van der Waals surface area contributed by atoms with Crippen LogP contribution in [0.2, 0.25) is 0 Å². The molecule has 5 nitrogen and oxygen atoms in total. The van der Waals surface area contributed by atoms with Gasteiger partial charge in [0.25, 0.3) is 0 Å². The number of nitrogens with zero attached hydrogens (tertiary/aromatic N) is 4. The van der Waals surface area contributed by atoms with Crippen LogP contribution in [0.15, 0.2) is 24.5 Å². The van der Waals surface area contributed by atoms with Crippen molar-refractivity contribution in [2.75, 3.05) is 5.73 Å². The van der Waals surface area contributed by atoms with Gasteiger partial charge in [-0.2, -0.15) is 5.10 Å². The second kappa shape index (κ2) is 4.38. The summed E-state index contributed by atoms with van der Waals surface area (Å²) in [5.41, 5.74) is 7.66. The van der Waals surface area contributed by atoms with Gasteiger partial charge in [-0.05, 0) is 24.6 Å². The SMILES string of the molecule is CCCn1ncnc1-c1ccc2sc(N)nc2c1. The van der Waals surface area contributed by atoms with Crippen LogP contribution in [0.1, 0.15) is 13.3 Å². The maximum atomic E-state index is 5.71. The second-order valence-electron chi connectivity index (χ2n) is 4.04. The van der Waals surface area contributed by atoms with Crippen molar-refractivity contribution in [1.82, 2.24) is 19.7 Å². The Hall–Kier alpha value is -1.95. The number of rotatable bonds is 3. The van der Waals surface area contributed by atoms with Gasteiger partial charge in [0.1, 0.15) is 6.33 Å². The number of fused-ring (bicyclic) bond motifs is 1. The number of thiazole rings is 1. The molecule has 3 aromatic rings. The molecular formula is C12H13N5S. The van der Waals surface area contributed by atoms with Gasteiger partial charge < -0.3 is 5.73 Å². The van der Waals surface area contributed by atoms with Crippen LogP contribution < -0.4 is 5.73 Å². The molecule has 0 spiro atoms. The third kappa shape index (κ3) is 1.84. The first-order chi connectivity index (χ1) is 8.78. The molecule has 2 N–H and O–H groups in total. The van der Waals surface area contributed by atoms with Crippen LogP contribution >= 0.6 is 11.3 Å². The second-order valence-corrected chi connectivity index (χ2v) is 5.10. The molecule has 0 saturated carbocycles. The maximum absolute atomic E-state index is 5.71. The Morgan fingerprint density at radius 3 is 3.11 bits per heavy atom. The third-order valence-corrected chi connectivity index (χ3v) is 3.58. The van der Waals surface area contributed by atoms with E-state index >= 15 is 0 Å². The van der Waals surface area contributed by atoms with E-state index < -0.39 is 0 Å². The molecule has 6 heteroatoms. The minimum absolute atomic E-state index is 0.595. The van der Waals surface area contributed by atoms with Crippen molar-refractivity contribution in [2.24, 2.45) is 0 Å². The highest BCUT2D eigenvalue weighted by Gasteiger charge is 2.09. The number of nitrogen functional groups attached to an aromatic ring is 1. The van der Waals surface area contributed by atoms with Gasteiger partial charge in [0, 0.05) is 12.1 Å². The number of nitrogens with two attached hydrogens (primary N) is 1. The van der Waals surface area contributed by atoms with Crippen LogP contribution in [-0.2, 0) is 6.54 Å². The van der Waals surface area contributed by atoms with Gasteiger partial charge in [-0.1, -0.05) is 18.3 Å². The Bertz CT molecular complexity index is 685. The van der Waals surface area contributed by atoms with Crippen LogP contribution in [0.5, 0.6) is 0 Å². The molecule has 0 aliphatic rings. The largest absolute Gasteiger partial charge is 0.375 e. The zero-order valence-corrected chi connectivity index (χ0v) is 10.8. The first-order valence-corrected chi connectivity index (χ1v) is 6.64. The summed E-state index contributed by atoms with van der Waals surface area (Å²) >= 11 is 1.50. The fourth-order valence-corrected chi connectivity index (χ4v) is 2.66. The minimum atomic E-state index is 0.595. The Morgan fingerprint density at radius 1 is 1.39 bits per heavy atom. The Kier molecular flexibility index (Phi) is 2.71. The molecule has 0 aliphatic carbocycles. The van der Waals surface area contributed by atoms with Gasteiger partial charge in [0.15, 0.2) is 11.0 Å². The molecule has 18 heavy (non-hydrogen) atoms. The van der Waals surface area contributed by atoms with Crippen molar-refractivity contribution in [3.05, 3.63) is 24.5 Å². The summed E-state index contributed by atoms with van der Waals surface area (Å²) in [5.74, 6) is 0.880. The van der Waals surface area contributed by atoms with E-state index in [-0.39, 0.29) is 0 Å².